The van der Waals surface area contributed by atoms with Crippen LogP contribution in [0.2, 0.25) is 0 Å². The minimum absolute atomic E-state index is 0.649. The van der Waals surface area contributed by atoms with Crippen LogP contribution in [0.5, 0.6) is 0 Å². The number of rotatable bonds is 9. The van der Waals surface area contributed by atoms with Gasteiger partial charge in [0.1, 0.15) is 0 Å². The summed E-state index contributed by atoms with van der Waals surface area (Å²) in [7, 11) is 0. The van der Waals surface area contributed by atoms with E-state index in [-0.39, 0.29) is 0 Å². The Labute approximate surface area is 129 Å². The lowest BCUT2D eigenvalue weighted by atomic mass is 9.99. The highest BCUT2D eigenvalue weighted by Crippen LogP contribution is 2.20. The maximum atomic E-state index is 5.62. The summed E-state index contributed by atoms with van der Waals surface area (Å²) in [5.41, 5.74) is 1.49. The van der Waals surface area contributed by atoms with Crippen LogP contribution in [0.25, 0.3) is 10.8 Å². The molecule has 0 radical (unpaired) electrons. The van der Waals surface area contributed by atoms with Gasteiger partial charge in [-0.1, -0.05) is 69.2 Å². The molecule has 0 heterocycles. The Balaban J connectivity index is 1.66. The molecule has 0 saturated carbocycles. The summed E-state index contributed by atoms with van der Waals surface area (Å²) in [6.45, 7) is 6.22. The van der Waals surface area contributed by atoms with E-state index in [1.807, 2.05) is 0 Å². The van der Waals surface area contributed by atoms with Crippen molar-refractivity contribution in [2.75, 3.05) is 13.2 Å². The molecule has 0 atom stereocenters. The van der Waals surface area contributed by atoms with Crippen molar-refractivity contribution in [3.05, 3.63) is 48.0 Å². The predicted molar refractivity (Wildman–Crippen MR) is 91.8 cm³/mol. The lowest BCUT2D eigenvalue weighted by Crippen LogP contribution is -2.03. The molecule has 0 fully saturated rings. The first-order valence-corrected chi connectivity index (χ1v) is 8.32. The van der Waals surface area contributed by atoms with Crippen LogP contribution in [0, 0.1) is 5.92 Å². The highest BCUT2D eigenvalue weighted by Gasteiger charge is 2.00. The molecule has 0 spiro atoms. The van der Waals surface area contributed by atoms with Crippen molar-refractivity contribution in [3.8, 4) is 0 Å². The molecule has 0 saturated heterocycles. The average molecular weight is 284 g/mol. The molecule has 1 heteroatoms. The lowest BCUT2D eigenvalue weighted by molar-refractivity contribution is 0.106. The third-order valence-electron chi connectivity index (χ3n) is 3.82. The first kappa shape index (κ1) is 16.0. The molecule has 21 heavy (non-hydrogen) atoms. The van der Waals surface area contributed by atoms with E-state index >= 15 is 0 Å². The lowest BCUT2D eigenvalue weighted by Gasteiger charge is -2.08. The first-order valence-electron chi connectivity index (χ1n) is 8.32. The summed E-state index contributed by atoms with van der Waals surface area (Å²) in [5, 5.41) is 2.78. The molecule has 0 aliphatic rings. The van der Waals surface area contributed by atoms with E-state index in [2.05, 4.69) is 56.3 Å². The highest BCUT2D eigenvalue weighted by molar-refractivity contribution is 5.85. The van der Waals surface area contributed by atoms with Gasteiger partial charge in [0.05, 0.1) is 0 Å². The smallest absolute Gasteiger partial charge is 0.0488 e. The van der Waals surface area contributed by atoms with Crippen LogP contribution in [-0.4, -0.2) is 13.2 Å². The second kappa shape index (κ2) is 8.84. The van der Waals surface area contributed by atoms with Gasteiger partial charge in [0.15, 0.2) is 0 Å². The van der Waals surface area contributed by atoms with Gasteiger partial charge in [0.25, 0.3) is 0 Å². The Morgan fingerprint density at radius 1 is 0.857 bits per heavy atom. The summed E-state index contributed by atoms with van der Waals surface area (Å²) in [6.07, 6.45) is 6.24. The van der Waals surface area contributed by atoms with E-state index in [1.54, 1.807) is 0 Å². The number of aryl methyl sites for hydroxylation is 1. The third kappa shape index (κ3) is 5.51. The predicted octanol–water partition coefficient (Wildman–Crippen LogP) is 5.62. The maximum Gasteiger partial charge on any atom is 0.0488 e. The number of hydrogen-bond donors (Lipinski definition) is 0. The summed E-state index contributed by atoms with van der Waals surface area (Å²) < 4.78 is 5.62. The third-order valence-corrected chi connectivity index (χ3v) is 3.82. The Morgan fingerprint density at radius 2 is 1.62 bits per heavy atom. The molecule has 0 unspecified atom stereocenters. The normalized spacial score (nSPS) is 11.4. The largest absolute Gasteiger partial charge is 0.381 e. The molecule has 0 aliphatic heterocycles. The molecule has 0 amide bonds. The fourth-order valence-corrected chi connectivity index (χ4v) is 2.70. The monoisotopic (exact) mass is 284 g/mol. The first-order chi connectivity index (χ1) is 10.3. The van der Waals surface area contributed by atoms with Crippen molar-refractivity contribution >= 4 is 10.8 Å². The van der Waals surface area contributed by atoms with Gasteiger partial charge in [0, 0.05) is 13.2 Å². The molecule has 1 nitrogen and oxygen atoms in total. The van der Waals surface area contributed by atoms with Gasteiger partial charge in [-0.25, -0.2) is 0 Å². The van der Waals surface area contributed by atoms with Crippen molar-refractivity contribution in [1.82, 2.24) is 0 Å². The molecule has 0 aromatic heterocycles. The van der Waals surface area contributed by atoms with Gasteiger partial charge in [-0.3, -0.25) is 0 Å². The van der Waals surface area contributed by atoms with Crippen LogP contribution in [-0.2, 0) is 11.2 Å². The fraction of sp³-hybridized carbons (Fsp3) is 0.500. The number of hydrogen-bond acceptors (Lipinski definition) is 1. The molecular weight excluding hydrogens is 256 g/mol. The molecular formula is C20H28O. The summed E-state index contributed by atoms with van der Waals surface area (Å²) in [4.78, 5) is 0. The van der Waals surface area contributed by atoms with Gasteiger partial charge in [0.2, 0.25) is 0 Å². The van der Waals surface area contributed by atoms with Gasteiger partial charge in [-0.05, 0) is 41.5 Å². The molecule has 0 bridgehead atoms. The van der Waals surface area contributed by atoms with Crippen molar-refractivity contribution < 1.29 is 4.74 Å². The number of ether oxygens (including phenoxy) is 1. The standard InChI is InChI=1S/C20H28O/c1-17(2)16-21-15-8-4-3-5-10-18-12-9-13-19-11-6-7-14-20(18)19/h6-7,9,11-14,17H,3-5,8,10,15-16H2,1-2H3. The van der Waals surface area contributed by atoms with Crippen LogP contribution in [0.15, 0.2) is 42.5 Å². The Hall–Kier alpha value is -1.34. The fourth-order valence-electron chi connectivity index (χ4n) is 2.70. The van der Waals surface area contributed by atoms with Gasteiger partial charge in [-0.15, -0.1) is 0 Å². The van der Waals surface area contributed by atoms with E-state index in [1.165, 1.54) is 48.4 Å². The molecule has 0 N–H and O–H groups in total. The zero-order chi connectivity index (χ0) is 14.9. The van der Waals surface area contributed by atoms with Gasteiger partial charge < -0.3 is 4.74 Å². The summed E-state index contributed by atoms with van der Waals surface area (Å²) >= 11 is 0. The van der Waals surface area contributed by atoms with E-state index in [4.69, 9.17) is 4.74 Å². The minimum atomic E-state index is 0.649. The summed E-state index contributed by atoms with van der Waals surface area (Å²) in [6, 6.07) is 15.3. The quantitative estimate of drug-likeness (QED) is 0.543. The zero-order valence-electron chi connectivity index (χ0n) is 13.5. The zero-order valence-corrected chi connectivity index (χ0v) is 13.5. The van der Waals surface area contributed by atoms with E-state index in [9.17, 15) is 0 Å². The van der Waals surface area contributed by atoms with Crippen LogP contribution in [0.1, 0.15) is 45.1 Å². The van der Waals surface area contributed by atoms with Gasteiger partial charge in [-0.2, -0.15) is 0 Å². The Kier molecular flexibility index (Phi) is 6.75. The molecule has 0 aliphatic carbocycles. The van der Waals surface area contributed by atoms with Gasteiger partial charge >= 0.3 is 0 Å². The molecule has 2 aromatic carbocycles. The second-order valence-electron chi connectivity index (χ2n) is 6.27. The topological polar surface area (TPSA) is 9.23 Å². The molecule has 2 rings (SSSR count). The second-order valence-corrected chi connectivity index (χ2v) is 6.27. The number of fused-ring (bicyclic) bond motifs is 1. The Morgan fingerprint density at radius 3 is 2.48 bits per heavy atom. The van der Waals surface area contributed by atoms with E-state index < -0.39 is 0 Å². The number of unbranched alkanes of at least 4 members (excludes halogenated alkanes) is 3. The van der Waals surface area contributed by atoms with Crippen LogP contribution >= 0.6 is 0 Å². The highest BCUT2D eigenvalue weighted by atomic mass is 16.5. The maximum absolute atomic E-state index is 5.62. The van der Waals surface area contributed by atoms with Crippen LogP contribution < -0.4 is 0 Å². The molecule has 114 valence electrons. The SMILES string of the molecule is CC(C)COCCCCCCc1cccc2ccccc12. The minimum Gasteiger partial charge on any atom is -0.381 e. The van der Waals surface area contributed by atoms with E-state index in [0.717, 1.165) is 13.2 Å². The number of benzene rings is 2. The van der Waals surface area contributed by atoms with Crippen molar-refractivity contribution in [2.24, 2.45) is 5.92 Å². The van der Waals surface area contributed by atoms with Crippen LogP contribution in [0.3, 0.4) is 0 Å². The molecule has 2 aromatic rings. The van der Waals surface area contributed by atoms with Crippen LogP contribution in [0.4, 0.5) is 0 Å². The van der Waals surface area contributed by atoms with E-state index in [0.29, 0.717) is 5.92 Å². The average Bonchev–Trinajstić information content (AvgIpc) is 2.50. The van der Waals surface area contributed by atoms with Crippen molar-refractivity contribution in [3.63, 3.8) is 0 Å². The summed E-state index contributed by atoms with van der Waals surface area (Å²) in [5.74, 6) is 0.649. The van der Waals surface area contributed by atoms with Crippen molar-refractivity contribution in [2.45, 2.75) is 46.0 Å². The Bertz CT molecular complexity index is 525. The van der Waals surface area contributed by atoms with Crippen molar-refractivity contribution in [1.29, 1.82) is 0 Å².